The Hall–Kier alpha value is -1.80. The van der Waals surface area contributed by atoms with Gasteiger partial charge in [-0.1, -0.05) is 211 Å². The summed E-state index contributed by atoms with van der Waals surface area (Å²) in [4.78, 5) is 0. The van der Waals surface area contributed by atoms with Crippen LogP contribution in [0.4, 0.5) is 0 Å². The van der Waals surface area contributed by atoms with Gasteiger partial charge in [-0.3, -0.25) is 0 Å². The average molecular weight is 731 g/mol. The largest absolute Gasteiger partial charge is 0.381 e. The molecule has 0 saturated carbocycles. The highest BCUT2D eigenvalue weighted by Gasteiger charge is 2.23. The van der Waals surface area contributed by atoms with Crippen molar-refractivity contribution in [3.8, 4) is 5.69 Å². The van der Waals surface area contributed by atoms with Gasteiger partial charge in [0.1, 0.15) is 0 Å². The van der Waals surface area contributed by atoms with E-state index in [1.54, 1.807) is 12.1 Å². The Morgan fingerprint density at radius 2 is 1.00 bits per heavy atom. The number of tetrazole rings is 1. The number of ether oxygens (including phenoxy) is 1. The summed E-state index contributed by atoms with van der Waals surface area (Å²) < 4.78 is 32.9. The number of methoxy groups -OCH3 is 1. The summed E-state index contributed by atoms with van der Waals surface area (Å²) in [5, 5.41) is 11.2. The van der Waals surface area contributed by atoms with E-state index < -0.39 is 9.84 Å². The molecular weight excluding hydrogens is 653 g/mol. The lowest BCUT2D eigenvalue weighted by molar-refractivity contribution is 0.0456. The maximum Gasteiger partial charge on any atom is 0.272 e. The van der Waals surface area contributed by atoms with Crippen LogP contribution in [0.25, 0.3) is 5.69 Å². The molecule has 2 aromatic rings. The van der Waals surface area contributed by atoms with Crippen LogP contribution in [-0.4, -0.2) is 47.6 Å². The number of aromatic nitrogens is 4. The van der Waals surface area contributed by atoms with Crippen LogP contribution in [0.15, 0.2) is 35.5 Å². The molecular formula is C43H78N4O3S. The lowest BCUT2D eigenvalue weighted by Crippen LogP contribution is -2.20. The van der Waals surface area contributed by atoms with Crippen LogP contribution in [0.3, 0.4) is 0 Å². The number of para-hydroxylation sites is 1. The van der Waals surface area contributed by atoms with Crippen LogP contribution in [0.5, 0.6) is 0 Å². The summed E-state index contributed by atoms with van der Waals surface area (Å²) in [5.41, 5.74) is 0.654. The van der Waals surface area contributed by atoms with E-state index in [1.807, 2.05) is 25.3 Å². The maximum atomic E-state index is 12.8. The van der Waals surface area contributed by atoms with Crippen molar-refractivity contribution < 1.29 is 13.2 Å². The predicted molar refractivity (Wildman–Crippen MR) is 215 cm³/mol. The van der Waals surface area contributed by atoms with Gasteiger partial charge in [0.15, 0.2) is 0 Å². The number of hydrogen-bond acceptors (Lipinski definition) is 6. The van der Waals surface area contributed by atoms with Crippen molar-refractivity contribution in [3.63, 3.8) is 0 Å². The lowest BCUT2D eigenvalue weighted by atomic mass is 9.93. The number of benzene rings is 1. The molecule has 7 nitrogen and oxygen atoms in total. The van der Waals surface area contributed by atoms with Gasteiger partial charge < -0.3 is 4.74 Å². The molecule has 0 aliphatic heterocycles. The quantitative estimate of drug-likeness (QED) is 0.0649. The molecule has 8 heteroatoms. The van der Waals surface area contributed by atoms with Gasteiger partial charge >= 0.3 is 0 Å². The molecule has 0 spiro atoms. The highest BCUT2D eigenvalue weighted by Crippen LogP contribution is 2.22. The van der Waals surface area contributed by atoms with E-state index in [2.05, 4.69) is 29.4 Å². The number of sulfone groups is 1. The van der Waals surface area contributed by atoms with Gasteiger partial charge in [-0.2, -0.15) is 4.68 Å². The van der Waals surface area contributed by atoms with Crippen LogP contribution >= 0.6 is 0 Å². The molecule has 51 heavy (non-hydrogen) atoms. The van der Waals surface area contributed by atoms with E-state index >= 15 is 0 Å². The third-order valence-corrected chi connectivity index (χ3v) is 12.5. The van der Waals surface area contributed by atoms with Gasteiger partial charge in [-0.25, -0.2) is 8.42 Å². The fourth-order valence-corrected chi connectivity index (χ4v) is 8.77. The van der Waals surface area contributed by atoms with Gasteiger partial charge in [0.2, 0.25) is 9.84 Å². The van der Waals surface area contributed by atoms with Gasteiger partial charge in [0, 0.05) is 7.11 Å². The molecule has 0 saturated heterocycles. The van der Waals surface area contributed by atoms with E-state index in [0.29, 0.717) is 24.1 Å². The third-order valence-electron chi connectivity index (χ3n) is 10.8. The number of unbranched alkanes of at least 4 members (excludes halogenated alkanes) is 26. The summed E-state index contributed by atoms with van der Waals surface area (Å²) in [6.07, 6.45) is 40.1. The Bertz CT molecular complexity index is 1160. The van der Waals surface area contributed by atoms with Crippen LogP contribution in [0.1, 0.15) is 206 Å². The van der Waals surface area contributed by atoms with E-state index in [1.165, 1.54) is 178 Å². The molecule has 0 aliphatic carbocycles. The van der Waals surface area contributed by atoms with E-state index in [0.717, 1.165) is 12.8 Å². The molecule has 0 bridgehead atoms. The first-order valence-corrected chi connectivity index (χ1v) is 23.2. The summed E-state index contributed by atoms with van der Waals surface area (Å²) in [5.74, 6) is 0.758. The van der Waals surface area contributed by atoms with Crippen molar-refractivity contribution >= 4 is 9.84 Å². The van der Waals surface area contributed by atoms with E-state index in [9.17, 15) is 8.42 Å². The van der Waals surface area contributed by atoms with Gasteiger partial charge in [-0.15, -0.1) is 0 Å². The maximum absolute atomic E-state index is 12.8. The van der Waals surface area contributed by atoms with Gasteiger partial charge in [0.25, 0.3) is 5.16 Å². The molecule has 2 atom stereocenters. The minimum Gasteiger partial charge on any atom is -0.381 e. The molecule has 2 rings (SSSR count). The molecule has 294 valence electrons. The minimum atomic E-state index is -3.52. The van der Waals surface area contributed by atoms with Crippen LogP contribution in [0.2, 0.25) is 0 Å². The van der Waals surface area contributed by atoms with Crippen molar-refractivity contribution in [3.05, 3.63) is 30.3 Å². The van der Waals surface area contributed by atoms with Crippen molar-refractivity contribution in [2.75, 3.05) is 12.9 Å². The highest BCUT2D eigenvalue weighted by atomic mass is 32.2. The van der Waals surface area contributed by atoms with E-state index in [-0.39, 0.29) is 10.9 Å². The first-order valence-electron chi connectivity index (χ1n) is 21.6. The fourth-order valence-electron chi connectivity index (χ4n) is 7.44. The van der Waals surface area contributed by atoms with E-state index in [4.69, 9.17) is 4.74 Å². The summed E-state index contributed by atoms with van der Waals surface area (Å²) >= 11 is 0. The number of rotatable bonds is 36. The molecule has 0 N–H and O–H groups in total. The summed E-state index contributed by atoms with van der Waals surface area (Å²) in [6.45, 7) is 4.70. The van der Waals surface area contributed by atoms with Crippen molar-refractivity contribution in [2.45, 2.75) is 218 Å². The molecule has 1 heterocycles. The SMILES string of the molecule is CCCCCCCCCCCCCCCCCC[C@H](C)[C@H](CCCCCCCCCCCCCCS(=O)(=O)c1nnnn1-c1ccccc1)OC. The normalized spacial score (nSPS) is 13.2. The Kier molecular flexibility index (Phi) is 27.3. The van der Waals surface area contributed by atoms with Gasteiger partial charge in [-0.05, 0) is 47.7 Å². The molecule has 0 fully saturated rings. The van der Waals surface area contributed by atoms with Crippen molar-refractivity contribution in [2.24, 2.45) is 5.92 Å². The Morgan fingerprint density at radius 3 is 1.45 bits per heavy atom. The molecule has 0 amide bonds. The number of nitrogens with zero attached hydrogens (tertiary/aromatic N) is 4. The monoisotopic (exact) mass is 731 g/mol. The minimum absolute atomic E-state index is 0.0671. The first-order chi connectivity index (χ1) is 25.0. The zero-order valence-corrected chi connectivity index (χ0v) is 34.2. The summed E-state index contributed by atoms with van der Waals surface area (Å²) in [7, 11) is -1.60. The van der Waals surface area contributed by atoms with Gasteiger partial charge in [0.05, 0.1) is 17.5 Å². The van der Waals surface area contributed by atoms with Crippen LogP contribution in [-0.2, 0) is 14.6 Å². The van der Waals surface area contributed by atoms with Crippen molar-refractivity contribution in [1.82, 2.24) is 20.2 Å². The second-order valence-corrected chi connectivity index (χ2v) is 17.4. The Balaban J connectivity index is 1.34. The van der Waals surface area contributed by atoms with Crippen molar-refractivity contribution in [1.29, 1.82) is 0 Å². The topological polar surface area (TPSA) is 87.0 Å². The number of hydrogen-bond donors (Lipinski definition) is 0. The smallest absolute Gasteiger partial charge is 0.272 e. The molecule has 1 aromatic heterocycles. The zero-order valence-electron chi connectivity index (χ0n) is 33.4. The first kappa shape index (κ1) is 45.4. The van der Waals surface area contributed by atoms with Crippen LogP contribution in [0, 0.1) is 5.92 Å². The second-order valence-electron chi connectivity index (χ2n) is 15.4. The Morgan fingerprint density at radius 1 is 0.588 bits per heavy atom. The zero-order chi connectivity index (χ0) is 36.7. The standard InChI is InChI=1S/C43H78N4O3S/c1-4-5-6-7-8-9-10-11-12-13-14-17-20-23-26-30-35-40(2)42(50-3)38-33-27-24-21-18-15-16-19-22-25-28-34-39-51(48,49)43-44-45-46-47(43)41-36-31-29-32-37-41/h29,31-32,36-37,40,42H,4-28,30,33-35,38-39H2,1-3H3/t40-,42-/m0/s1. The third kappa shape index (κ3) is 22.1. The molecule has 1 aromatic carbocycles. The predicted octanol–water partition coefficient (Wildman–Crippen LogP) is 12.8. The average Bonchev–Trinajstić information content (AvgIpc) is 3.65. The molecule has 0 radical (unpaired) electrons. The lowest BCUT2D eigenvalue weighted by Gasteiger charge is -2.22. The fraction of sp³-hybridized carbons (Fsp3) is 0.837. The second kappa shape index (κ2) is 30.6. The Labute approximate surface area is 314 Å². The molecule has 0 unspecified atom stereocenters. The van der Waals surface area contributed by atoms with Crippen LogP contribution < -0.4 is 0 Å². The summed E-state index contributed by atoms with van der Waals surface area (Å²) in [6, 6.07) is 9.17. The molecule has 0 aliphatic rings. The highest BCUT2D eigenvalue weighted by molar-refractivity contribution is 7.91.